The molecule has 0 radical (unpaired) electrons. The Morgan fingerprint density at radius 3 is 2.46 bits per heavy atom. The Hall–Kier alpha value is -1.99. The second-order valence-corrected chi connectivity index (χ2v) is 6.63. The Morgan fingerprint density at radius 1 is 1.19 bits per heavy atom. The predicted molar refractivity (Wildman–Crippen MR) is 102 cm³/mol. The third-order valence-electron chi connectivity index (χ3n) is 3.43. The molecule has 2 aromatic rings. The molecular formula is C18H18ClF3N2OS. The minimum Gasteiger partial charge on any atom is -0.491 e. The van der Waals surface area contributed by atoms with E-state index in [9.17, 15) is 13.2 Å². The highest BCUT2D eigenvalue weighted by molar-refractivity contribution is 7.80. The number of thiocarbonyl (C=S) groups is 1. The van der Waals surface area contributed by atoms with Gasteiger partial charge in [-0.3, -0.25) is 0 Å². The quantitative estimate of drug-likeness (QED) is 0.654. The highest BCUT2D eigenvalue weighted by atomic mass is 35.5. The summed E-state index contributed by atoms with van der Waals surface area (Å²) in [5.74, 6) is 0.732. The molecule has 2 rings (SSSR count). The minimum absolute atomic E-state index is 0.148. The van der Waals surface area contributed by atoms with Crippen molar-refractivity contribution in [2.75, 3.05) is 11.9 Å². The summed E-state index contributed by atoms with van der Waals surface area (Å²) in [4.78, 5) is 0. The average Bonchev–Trinajstić information content (AvgIpc) is 2.55. The second kappa shape index (κ2) is 8.60. The first kappa shape index (κ1) is 20.3. The SMILES string of the molecule is Cc1ccc(OC[C@@H](C)NC(=S)Nc2ccc(Cl)c(C(F)(F)F)c2)cc1. The van der Waals surface area contributed by atoms with Crippen LogP contribution in [0.4, 0.5) is 18.9 Å². The summed E-state index contributed by atoms with van der Waals surface area (Å²) in [6.45, 7) is 4.18. The van der Waals surface area contributed by atoms with Crippen LogP contribution in [0.2, 0.25) is 5.02 Å². The molecule has 0 heterocycles. The van der Waals surface area contributed by atoms with E-state index in [-0.39, 0.29) is 21.9 Å². The van der Waals surface area contributed by atoms with Gasteiger partial charge in [0.1, 0.15) is 12.4 Å². The standard InChI is InChI=1S/C18H18ClF3N2OS/c1-11-3-6-14(7-4-11)25-10-12(2)23-17(26)24-13-5-8-16(19)15(9-13)18(20,21)22/h3-9,12H,10H2,1-2H3,(H2,23,24,26)/t12-/m1/s1. The van der Waals surface area contributed by atoms with E-state index in [1.807, 2.05) is 38.1 Å². The molecule has 0 aliphatic rings. The molecule has 0 fully saturated rings. The van der Waals surface area contributed by atoms with Gasteiger partial charge in [0.05, 0.1) is 16.6 Å². The van der Waals surface area contributed by atoms with E-state index in [2.05, 4.69) is 10.6 Å². The summed E-state index contributed by atoms with van der Waals surface area (Å²) in [5.41, 5.74) is 0.420. The van der Waals surface area contributed by atoms with Gasteiger partial charge in [-0.15, -0.1) is 0 Å². The van der Waals surface area contributed by atoms with Crippen molar-refractivity contribution in [1.29, 1.82) is 0 Å². The summed E-state index contributed by atoms with van der Waals surface area (Å²) in [6.07, 6.45) is -4.53. The zero-order valence-electron chi connectivity index (χ0n) is 14.2. The molecule has 0 bridgehead atoms. The van der Waals surface area contributed by atoms with Crippen LogP contribution in [0.3, 0.4) is 0 Å². The molecule has 1 atom stereocenters. The first-order valence-electron chi connectivity index (χ1n) is 7.79. The predicted octanol–water partition coefficient (Wildman–Crippen LogP) is 5.42. The zero-order valence-corrected chi connectivity index (χ0v) is 15.7. The summed E-state index contributed by atoms with van der Waals surface area (Å²) in [6, 6.07) is 11.0. The highest BCUT2D eigenvalue weighted by Crippen LogP contribution is 2.36. The molecular weight excluding hydrogens is 385 g/mol. The van der Waals surface area contributed by atoms with Crippen molar-refractivity contribution in [2.45, 2.75) is 26.1 Å². The van der Waals surface area contributed by atoms with Gasteiger partial charge in [-0.05, 0) is 56.4 Å². The molecule has 26 heavy (non-hydrogen) atoms. The van der Waals surface area contributed by atoms with Gasteiger partial charge in [-0.1, -0.05) is 29.3 Å². The maximum atomic E-state index is 12.9. The molecule has 140 valence electrons. The monoisotopic (exact) mass is 402 g/mol. The van der Waals surface area contributed by atoms with Gasteiger partial charge in [-0.25, -0.2) is 0 Å². The third-order valence-corrected chi connectivity index (χ3v) is 3.98. The smallest absolute Gasteiger partial charge is 0.417 e. The van der Waals surface area contributed by atoms with Gasteiger partial charge in [0.15, 0.2) is 5.11 Å². The van der Waals surface area contributed by atoms with Crippen LogP contribution in [0.25, 0.3) is 0 Å². The van der Waals surface area contributed by atoms with Gasteiger partial charge < -0.3 is 15.4 Å². The van der Waals surface area contributed by atoms with Crippen LogP contribution in [-0.4, -0.2) is 17.8 Å². The molecule has 8 heteroatoms. The lowest BCUT2D eigenvalue weighted by atomic mass is 10.2. The maximum absolute atomic E-state index is 12.9. The van der Waals surface area contributed by atoms with Gasteiger partial charge in [0.25, 0.3) is 0 Å². The van der Waals surface area contributed by atoms with Crippen LogP contribution in [-0.2, 0) is 6.18 Å². The molecule has 0 saturated heterocycles. The van der Waals surface area contributed by atoms with Gasteiger partial charge in [0, 0.05) is 5.69 Å². The van der Waals surface area contributed by atoms with Crippen molar-refractivity contribution in [3.63, 3.8) is 0 Å². The van der Waals surface area contributed by atoms with Crippen molar-refractivity contribution in [1.82, 2.24) is 5.32 Å². The van der Waals surface area contributed by atoms with Gasteiger partial charge in [0.2, 0.25) is 0 Å². The molecule has 0 saturated carbocycles. The minimum atomic E-state index is -4.53. The van der Waals surface area contributed by atoms with Crippen molar-refractivity contribution in [3.8, 4) is 5.75 Å². The Morgan fingerprint density at radius 2 is 1.85 bits per heavy atom. The van der Waals surface area contributed by atoms with Crippen LogP contribution in [0, 0.1) is 6.92 Å². The van der Waals surface area contributed by atoms with E-state index in [1.165, 1.54) is 12.1 Å². The number of nitrogens with one attached hydrogen (secondary N) is 2. The fourth-order valence-corrected chi connectivity index (χ4v) is 2.65. The van der Waals surface area contributed by atoms with Crippen LogP contribution in [0.15, 0.2) is 42.5 Å². The van der Waals surface area contributed by atoms with E-state index in [0.29, 0.717) is 6.61 Å². The Kier molecular flexibility index (Phi) is 6.72. The van der Waals surface area contributed by atoms with Crippen LogP contribution in [0.1, 0.15) is 18.1 Å². The fraction of sp³-hybridized carbons (Fsp3) is 0.278. The number of anilines is 1. The number of alkyl halides is 3. The number of rotatable bonds is 5. The molecule has 0 aliphatic heterocycles. The first-order chi connectivity index (χ1) is 12.1. The summed E-state index contributed by atoms with van der Waals surface area (Å²) >= 11 is 10.7. The number of hydrogen-bond acceptors (Lipinski definition) is 2. The van der Waals surface area contributed by atoms with E-state index < -0.39 is 11.7 Å². The first-order valence-corrected chi connectivity index (χ1v) is 8.57. The largest absolute Gasteiger partial charge is 0.491 e. The van der Waals surface area contributed by atoms with E-state index >= 15 is 0 Å². The summed E-state index contributed by atoms with van der Waals surface area (Å²) in [7, 11) is 0. The second-order valence-electron chi connectivity index (χ2n) is 5.82. The molecule has 3 nitrogen and oxygen atoms in total. The normalized spacial score (nSPS) is 12.4. The Labute approximate surface area is 160 Å². The number of ether oxygens (including phenoxy) is 1. The fourth-order valence-electron chi connectivity index (χ4n) is 2.11. The molecule has 0 aromatic heterocycles. The number of aryl methyl sites for hydroxylation is 1. The summed E-state index contributed by atoms with van der Waals surface area (Å²) < 4.78 is 44.3. The third kappa shape index (κ3) is 6.07. The molecule has 0 amide bonds. The Bertz CT molecular complexity index is 766. The lowest BCUT2D eigenvalue weighted by Crippen LogP contribution is -2.39. The molecule has 2 aromatic carbocycles. The van der Waals surface area contributed by atoms with Crippen molar-refractivity contribution >= 4 is 34.6 Å². The molecule has 0 spiro atoms. The summed E-state index contributed by atoms with van der Waals surface area (Å²) in [5, 5.41) is 5.52. The lowest BCUT2D eigenvalue weighted by Gasteiger charge is -2.18. The zero-order chi connectivity index (χ0) is 19.3. The molecule has 0 aliphatic carbocycles. The van der Waals surface area contributed by atoms with Gasteiger partial charge in [-0.2, -0.15) is 13.2 Å². The van der Waals surface area contributed by atoms with Crippen LogP contribution >= 0.6 is 23.8 Å². The number of halogens is 4. The van der Waals surface area contributed by atoms with E-state index in [0.717, 1.165) is 17.4 Å². The van der Waals surface area contributed by atoms with Crippen molar-refractivity contribution < 1.29 is 17.9 Å². The number of benzene rings is 2. The Balaban J connectivity index is 1.88. The molecule has 2 N–H and O–H groups in total. The average molecular weight is 403 g/mol. The maximum Gasteiger partial charge on any atom is 0.417 e. The van der Waals surface area contributed by atoms with Crippen LogP contribution in [0.5, 0.6) is 5.75 Å². The van der Waals surface area contributed by atoms with Crippen molar-refractivity contribution in [3.05, 3.63) is 58.6 Å². The topological polar surface area (TPSA) is 33.3 Å². The van der Waals surface area contributed by atoms with E-state index in [1.54, 1.807) is 0 Å². The van der Waals surface area contributed by atoms with E-state index in [4.69, 9.17) is 28.6 Å². The number of hydrogen-bond donors (Lipinski definition) is 2. The van der Waals surface area contributed by atoms with Crippen molar-refractivity contribution in [2.24, 2.45) is 0 Å². The van der Waals surface area contributed by atoms with Gasteiger partial charge >= 0.3 is 6.18 Å². The van der Waals surface area contributed by atoms with Crippen LogP contribution < -0.4 is 15.4 Å². The molecule has 0 unspecified atom stereocenters. The highest BCUT2D eigenvalue weighted by Gasteiger charge is 2.33. The lowest BCUT2D eigenvalue weighted by molar-refractivity contribution is -0.137.